The Labute approximate surface area is 108 Å². The molecular formula is C13H17NO3S. The van der Waals surface area contributed by atoms with Gasteiger partial charge < -0.3 is 5.32 Å². The third kappa shape index (κ3) is 3.70. The molecule has 0 radical (unpaired) electrons. The molecule has 1 aromatic rings. The predicted octanol–water partition coefficient (Wildman–Crippen LogP) is 1.63. The van der Waals surface area contributed by atoms with E-state index in [1.165, 1.54) is 12.1 Å². The van der Waals surface area contributed by atoms with Crippen LogP contribution in [0.3, 0.4) is 0 Å². The maximum Gasteiger partial charge on any atom is 0.251 e. The van der Waals surface area contributed by atoms with Crippen molar-refractivity contribution in [2.24, 2.45) is 0 Å². The first-order valence-corrected chi connectivity index (χ1v) is 7.41. The van der Waals surface area contributed by atoms with E-state index in [4.69, 9.17) is 0 Å². The molecule has 1 rings (SSSR count). The van der Waals surface area contributed by atoms with Gasteiger partial charge >= 0.3 is 0 Å². The Morgan fingerprint density at radius 3 is 2.11 bits per heavy atom. The molecule has 0 aliphatic heterocycles. The van der Waals surface area contributed by atoms with Crippen molar-refractivity contribution >= 4 is 21.3 Å². The lowest BCUT2D eigenvalue weighted by atomic mass is 10.1. The maximum absolute atomic E-state index is 11.7. The quantitative estimate of drug-likeness (QED) is 0.843. The number of sulfone groups is 1. The summed E-state index contributed by atoms with van der Waals surface area (Å²) in [6.45, 7) is 7.43. The average molecular weight is 267 g/mol. The van der Waals surface area contributed by atoms with Crippen LogP contribution in [-0.4, -0.2) is 26.6 Å². The van der Waals surface area contributed by atoms with Crippen molar-refractivity contribution in [2.75, 3.05) is 6.26 Å². The molecule has 98 valence electrons. The Balaban J connectivity index is 2.93. The summed E-state index contributed by atoms with van der Waals surface area (Å²) in [5.74, 6) is -0.253. The van der Waals surface area contributed by atoms with Gasteiger partial charge in [0.05, 0.1) is 4.90 Å². The van der Waals surface area contributed by atoms with Gasteiger partial charge in [0.25, 0.3) is 5.91 Å². The van der Waals surface area contributed by atoms with Crippen molar-refractivity contribution in [1.82, 2.24) is 5.32 Å². The van der Waals surface area contributed by atoms with E-state index >= 15 is 0 Å². The minimum Gasteiger partial charge on any atom is -0.350 e. The highest BCUT2D eigenvalue weighted by atomic mass is 32.2. The fourth-order valence-corrected chi connectivity index (χ4v) is 2.01. The number of hydrogen-bond acceptors (Lipinski definition) is 3. The first kappa shape index (κ1) is 14.4. The van der Waals surface area contributed by atoms with Crippen LogP contribution in [0.1, 0.15) is 19.4 Å². The first-order chi connectivity index (χ1) is 8.21. The molecule has 1 N–H and O–H groups in total. The monoisotopic (exact) mass is 267 g/mol. The molecule has 0 fully saturated rings. The summed E-state index contributed by atoms with van der Waals surface area (Å²) in [6.07, 6.45) is 1.14. The largest absolute Gasteiger partial charge is 0.350 e. The molecule has 0 aliphatic carbocycles. The molecule has 4 nitrogen and oxygen atoms in total. The van der Waals surface area contributed by atoms with Crippen LogP contribution >= 0.6 is 0 Å². The molecule has 0 unspecified atom stereocenters. The van der Waals surface area contributed by atoms with E-state index in [-0.39, 0.29) is 16.8 Å². The summed E-state index contributed by atoms with van der Waals surface area (Å²) in [5, 5.41) is 2.73. The van der Waals surface area contributed by atoms with E-state index in [2.05, 4.69) is 11.9 Å². The molecule has 1 amide bonds. The van der Waals surface area contributed by atoms with Crippen molar-refractivity contribution in [2.45, 2.75) is 24.8 Å². The summed E-state index contributed by atoms with van der Waals surface area (Å²) in [7, 11) is -3.21. The van der Waals surface area contributed by atoms with E-state index in [1.807, 2.05) is 13.8 Å². The highest BCUT2D eigenvalue weighted by Crippen LogP contribution is 2.16. The van der Waals surface area contributed by atoms with Gasteiger partial charge in [-0.25, -0.2) is 8.42 Å². The van der Waals surface area contributed by atoms with E-state index in [0.717, 1.165) is 6.26 Å². The number of carbonyl (C=O) groups is 1. The molecule has 0 aliphatic rings. The van der Waals surface area contributed by atoms with Crippen molar-refractivity contribution in [1.29, 1.82) is 0 Å². The van der Waals surface area contributed by atoms with Crippen LogP contribution in [0, 0.1) is 0 Å². The van der Waals surface area contributed by atoms with E-state index in [9.17, 15) is 13.2 Å². The normalized spacial score (nSPS) is 11.3. The van der Waals surface area contributed by atoms with Crippen LogP contribution in [0.5, 0.6) is 0 Å². The SMILES string of the molecule is C=C(C(=O)NC(C)C)c1ccc(S(C)(=O)=O)cc1. The highest BCUT2D eigenvalue weighted by Gasteiger charge is 2.12. The number of hydrogen-bond donors (Lipinski definition) is 1. The van der Waals surface area contributed by atoms with E-state index in [0.29, 0.717) is 11.1 Å². The second-order valence-corrected chi connectivity index (χ2v) is 6.42. The lowest BCUT2D eigenvalue weighted by Gasteiger charge is -2.10. The zero-order valence-electron chi connectivity index (χ0n) is 10.7. The second-order valence-electron chi connectivity index (χ2n) is 4.40. The zero-order valence-corrected chi connectivity index (χ0v) is 11.5. The van der Waals surface area contributed by atoms with Crippen LogP contribution in [-0.2, 0) is 14.6 Å². The maximum atomic E-state index is 11.7. The number of carbonyl (C=O) groups excluding carboxylic acids is 1. The van der Waals surface area contributed by atoms with Crippen molar-refractivity contribution in [3.8, 4) is 0 Å². The number of rotatable bonds is 4. The molecule has 0 spiro atoms. The van der Waals surface area contributed by atoms with Crippen molar-refractivity contribution in [3.63, 3.8) is 0 Å². The van der Waals surface area contributed by atoms with Crippen LogP contribution in [0.4, 0.5) is 0 Å². The number of nitrogens with one attached hydrogen (secondary N) is 1. The van der Waals surface area contributed by atoms with Crippen LogP contribution < -0.4 is 5.32 Å². The molecular weight excluding hydrogens is 250 g/mol. The van der Waals surface area contributed by atoms with Gasteiger partial charge in [-0.1, -0.05) is 18.7 Å². The molecule has 0 heterocycles. The molecule has 18 heavy (non-hydrogen) atoms. The smallest absolute Gasteiger partial charge is 0.251 e. The lowest BCUT2D eigenvalue weighted by molar-refractivity contribution is -0.116. The van der Waals surface area contributed by atoms with Crippen LogP contribution in [0.2, 0.25) is 0 Å². The Hall–Kier alpha value is -1.62. The molecule has 0 saturated carbocycles. The van der Waals surface area contributed by atoms with Gasteiger partial charge in [-0.05, 0) is 31.5 Å². The molecule has 1 aromatic carbocycles. The Kier molecular flexibility index (Phi) is 4.29. The van der Waals surface area contributed by atoms with Crippen molar-refractivity contribution in [3.05, 3.63) is 36.4 Å². The molecule has 0 saturated heterocycles. The fourth-order valence-electron chi connectivity index (χ4n) is 1.38. The summed E-state index contributed by atoms with van der Waals surface area (Å²) in [4.78, 5) is 11.9. The van der Waals surface area contributed by atoms with Gasteiger partial charge in [0, 0.05) is 17.9 Å². The van der Waals surface area contributed by atoms with E-state index in [1.54, 1.807) is 12.1 Å². The van der Waals surface area contributed by atoms with Gasteiger partial charge in [-0.15, -0.1) is 0 Å². The van der Waals surface area contributed by atoms with Gasteiger partial charge in [-0.3, -0.25) is 4.79 Å². The third-order valence-corrected chi connectivity index (χ3v) is 3.45. The molecule has 0 aromatic heterocycles. The second kappa shape index (κ2) is 5.35. The summed E-state index contributed by atoms with van der Waals surface area (Å²) in [5.41, 5.74) is 0.935. The van der Waals surface area contributed by atoms with Gasteiger partial charge in [0.2, 0.25) is 0 Å². The summed E-state index contributed by atoms with van der Waals surface area (Å²) < 4.78 is 22.6. The van der Waals surface area contributed by atoms with Crippen LogP contribution in [0.15, 0.2) is 35.7 Å². The van der Waals surface area contributed by atoms with Crippen molar-refractivity contribution < 1.29 is 13.2 Å². The lowest BCUT2D eigenvalue weighted by Crippen LogP contribution is -2.30. The zero-order chi connectivity index (χ0) is 13.9. The summed E-state index contributed by atoms with van der Waals surface area (Å²) >= 11 is 0. The molecule has 0 atom stereocenters. The summed E-state index contributed by atoms with van der Waals surface area (Å²) in [6, 6.07) is 6.14. The Morgan fingerprint density at radius 1 is 1.22 bits per heavy atom. The number of benzene rings is 1. The minimum atomic E-state index is -3.21. The van der Waals surface area contributed by atoms with Gasteiger partial charge in [-0.2, -0.15) is 0 Å². The van der Waals surface area contributed by atoms with E-state index < -0.39 is 9.84 Å². The highest BCUT2D eigenvalue weighted by molar-refractivity contribution is 7.90. The van der Waals surface area contributed by atoms with Gasteiger partial charge in [0.1, 0.15) is 0 Å². The minimum absolute atomic E-state index is 0.0320. The molecule has 5 heteroatoms. The topological polar surface area (TPSA) is 63.2 Å². The third-order valence-electron chi connectivity index (χ3n) is 2.32. The fraction of sp³-hybridized carbons (Fsp3) is 0.308. The number of amides is 1. The standard InChI is InChI=1S/C13H17NO3S/c1-9(2)14-13(15)10(3)11-5-7-12(8-6-11)18(4,16)17/h5-9H,3H2,1-2,4H3,(H,14,15). The average Bonchev–Trinajstić information content (AvgIpc) is 2.26. The Bertz CT molecular complexity index is 556. The Morgan fingerprint density at radius 2 is 1.72 bits per heavy atom. The predicted molar refractivity (Wildman–Crippen MR) is 71.9 cm³/mol. The molecule has 0 bridgehead atoms. The van der Waals surface area contributed by atoms with Crippen LogP contribution in [0.25, 0.3) is 5.57 Å². The van der Waals surface area contributed by atoms with Gasteiger partial charge in [0.15, 0.2) is 9.84 Å². The first-order valence-electron chi connectivity index (χ1n) is 5.52.